The highest BCUT2D eigenvalue weighted by Crippen LogP contribution is 2.40. The van der Waals surface area contributed by atoms with Crippen molar-refractivity contribution in [3.63, 3.8) is 0 Å². The maximum atomic E-state index is 12.4. The number of carbonyl (C=O) groups is 2. The summed E-state index contributed by atoms with van der Waals surface area (Å²) in [5.74, 6) is -1.01. The minimum absolute atomic E-state index is 0.117. The standard InChI is InChI=1S/C17H28N2O3/c1-3-6-17(7-4-5-8-17)12-18-16(22)19-10-13(2)9-14(11-19)15(20)21/h3,13-14H,1,4-12H2,2H3,(H,18,22)(H,20,21). The lowest BCUT2D eigenvalue weighted by atomic mass is 9.82. The molecule has 1 heterocycles. The van der Waals surface area contributed by atoms with Gasteiger partial charge in [0.15, 0.2) is 0 Å². The fourth-order valence-electron chi connectivity index (χ4n) is 3.96. The van der Waals surface area contributed by atoms with Gasteiger partial charge in [-0.1, -0.05) is 25.8 Å². The van der Waals surface area contributed by atoms with Gasteiger partial charge in [0, 0.05) is 19.6 Å². The molecule has 2 N–H and O–H groups in total. The topological polar surface area (TPSA) is 69.6 Å². The van der Waals surface area contributed by atoms with Crippen LogP contribution in [0.3, 0.4) is 0 Å². The summed E-state index contributed by atoms with van der Waals surface area (Å²) in [6, 6.07) is -0.117. The lowest BCUT2D eigenvalue weighted by Crippen LogP contribution is -2.51. The fourth-order valence-corrected chi connectivity index (χ4v) is 3.96. The zero-order valence-electron chi connectivity index (χ0n) is 13.5. The van der Waals surface area contributed by atoms with E-state index >= 15 is 0 Å². The molecule has 2 aliphatic rings. The first-order valence-corrected chi connectivity index (χ1v) is 8.32. The molecule has 2 unspecified atom stereocenters. The maximum Gasteiger partial charge on any atom is 0.317 e. The average molecular weight is 308 g/mol. The summed E-state index contributed by atoms with van der Waals surface area (Å²) < 4.78 is 0. The molecule has 2 fully saturated rings. The van der Waals surface area contributed by atoms with Crippen LogP contribution in [-0.4, -0.2) is 41.6 Å². The van der Waals surface area contributed by atoms with E-state index < -0.39 is 11.9 Å². The van der Waals surface area contributed by atoms with E-state index in [1.807, 2.05) is 13.0 Å². The summed E-state index contributed by atoms with van der Waals surface area (Å²) in [7, 11) is 0. The van der Waals surface area contributed by atoms with Gasteiger partial charge in [-0.15, -0.1) is 6.58 Å². The van der Waals surface area contributed by atoms with Gasteiger partial charge in [0.1, 0.15) is 0 Å². The Balaban J connectivity index is 1.90. The fraction of sp³-hybridized carbons (Fsp3) is 0.765. The van der Waals surface area contributed by atoms with E-state index in [0.717, 1.165) is 19.3 Å². The quantitative estimate of drug-likeness (QED) is 0.767. The number of rotatable bonds is 5. The van der Waals surface area contributed by atoms with Gasteiger partial charge < -0.3 is 15.3 Å². The molecule has 5 heteroatoms. The molecule has 0 aromatic carbocycles. The summed E-state index contributed by atoms with van der Waals surface area (Å²) in [5, 5.41) is 12.2. The van der Waals surface area contributed by atoms with Crippen LogP contribution in [0.5, 0.6) is 0 Å². The highest BCUT2D eigenvalue weighted by molar-refractivity contribution is 5.76. The number of carboxylic acids is 1. The third-order valence-electron chi connectivity index (χ3n) is 5.15. The molecule has 0 spiro atoms. The van der Waals surface area contributed by atoms with Crippen molar-refractivity contribution in [1.82, 2.24) is 10.2 Å². The van der Waals surface area contributed by atoms with E-state index in [-0.39, 0.29) is 17.4 Å². The number of nitrogens with zero attached hydrogens (tertiary/aromatic N) is 1. The minimum atomic E-state index is -0.803. The summed E-state index contributed by atoms with van der Waals surface area (Å²) in [4.78, 5) is 25.3. The normalized spacial score (nSPS) is 27.4. The Morgan fingerprint density at radius 1 is 1.36 bits per heavy atom. The van der Waals surface area contributed by atoms with E-state index in [9.17, 15) is 14.7 Å². The molecule has 22 heavy (non-hydrogen) atoms. The van der Waals surface area contributed by atoms with Crippen LogP contribution in [0.25, 0.3) is 0 Å². The van der Waals surface area contributed by atoms with Crippen LogP contribution in [0.1, 0.15) is 45.4 Å². The van der Waals surface area contributed by atoms with Gasteiger partial charge in [-0.25, -0.2) is 4.79 Å². The monoisotopic (exact) mass is 308 g/mol. The van der Waals surface area contributed by atoms with Crippen molar-refractivity contribution in [1.29, 1.82) is 0 Å². The summed E-state index contributed by atoms with van der Waals surface area (Å²) in [6.45, 7) is 7.47. The van der Waals surface area contributed by atoms with Crippen LogP contribution >= 0.6 is 0 Å². The van der Waals surface area contributed by atoms with Crippen molar-refractivity contribution in [3.8, 4) is 0 Å². The molecule has 0 bridgehead atoms. The lowest BCUT2D eigenvalue weighted by Gasteiger charge is -2.36. The van der Waals surface area contributed by atoms with Crippen molar-refractivity contribution in [2.45, 2.75) is 45.4 Å². The number of hydrogen-bond donors (Lipinski definition) is 2. The summed E-state index contributed by atoms with van der Waals surface area (Å²) in [6.07, 6.45) is 8.22. The Kier molecular flexibility index (Phi) is 5.48. The maximum absolute atomic E-state index is 12.4. The second kappa shape index (κ2) is 7.16. The van der Waals surface area contributed by atoms with E-state index in [1.165, 1.54) is 12.8 Å². The molecule has 1 aliphatic carbocycles. The van der Waals surface area contributed by atoms with Crippen LogP contribution in [-0.2, 0) is 4.79 Å². The average Bonchev–Trinajstić information content (AvgIpc) is 2.93. The Morgan fingerprint density at radius 2 is 2.05 bits per heavy atom. The molecule has 2 amide bonds. The highest BCUT2D eigenvalue weighted by atomic mass is 16.4. The zero-order valence-corrected chi connectivity index (χ0v) is 13.5. The van der Waals surface area contributed by atoms with Crippen LogP contribution in [0.4, 0.5) is 4.79 Å². The van der Waals surface area contributed by atoms with Crippen molar-refractivity contribution in [2.24, 2.45) is 17.3 Å². The Bertz CT molecular complexity index is 430. The molecule has 1 aliphatic heterocycles. The number of amides is 2. The molecule has 1 saturated heterocycles. The van der Waals surface area contributed by atoms with Crippen molar-refractivity contribution < 1.29 is 14.7 Å². The molecular weight excluding hydrogens is 280 g/mol. The summed E-state index contributed by atoms with van der Waals surface area (Å²) >= 11 is 0. The number of urea groups is 1. The molecule has 0 aromatic rings. The van der Waals surface area contributed by atoms with Gasteiger partial charge in [-0.2, -0.15) is 0 Å². The van der Waals surface area contributed by atoms with E-state index in [4.69, 9.17) is 0 Å². The van der Waals surface area contributed by atoms with Crippen LogP contribution in [0, 0.1) is 17.3 Å². The molecular formula is C17H28N2O3. The van der Waals surface area contributed by atoms with Crippen molar-refractivity contribution >= 4 is 12.0 Å². The summed E-state index contributed by atoms with van der Waals surface area (Å²) in [5.41, 5.74) is 0.158. The van der Waals surface area contributed by atoms with E-state index in [1.54, 1.807) is 4.90 Å². The SMILES string of the molecule is C=CCC1(CNC(=O)N2CC(C)CC(C(=O)O)C2)CCCC1. The Morgan fingerprint density at radius 3 is 2.64 bits per heavy atom. The second-order valence-electron chi connectivity index (χ2n) is 7.14. The van der Waals surface area contributed by atoms with Gasteiger partial charge in [0.2, 0.25) is 0 Å². The molecule has 1 saturated carbocycles. The lowest BCUT2D eigenvalue weighted by molar-refractivity contribution is -0.143. The molecule has 5 nitrogen and oxygen atoms in total. The number of likely N-dealkylation sites (tertiary alicyclic amines) is 1. The largest absolute Gasteiger partial charge is 0.481 e. The van der Waals surface area contributed by atoms with Crippen molar-refractivity contribution in [3.05, 3.63) is 12.7 Å². The number of carbonyl (C=O) groups excluding carboxylic acids is 1. The van der Waals surface area contributed by atoms with Gasteiger partial charge in [0.25, 0.3) is 0 Å². The minimum Gasteiger partial charge on any atom is -0.481 e. The molecule has 2 rings (SSSR count). The predicted molar refractivity (Wildman–Crippen MR) is 85.6 cm³/mol. The first-order valence-electron chi connectivity index (χ1n) is 8.32. The number of aliphatic carboxylic acids is 1. The van der Waals surface area contributed by atoms with Crippen LogP contribution in [0.15, 0.2) is 12.7 Å². The van der Waals surface area contributed by atoms with E-state index in [2.05, 4.69) is 11.9 Å². The smallest absolute Gasteiger partial charge is 0.317 e. The number of piperidine rings is 1. The molecule has 2 atom stereocenters. The predicted octanol–water partition coefficient (Wildman–Crippen LogP) is 2.88. The first-order chi connectivity index (χ1) is 10.5. The van der Waals surface area contributed by atoms with Gasteiger partial charge in [-0.3, -0.25) is 4.79 Å². The van der Waals surface area contributed by atoms with Crippen molar-refractivity contribution in [2.75, 3.05) is 19.6 Å². The van der Waals surface area contributed by atoms with Gasteiger partial charge >= 0.3 is 12.0 Å². The van der Waals surface area contributed by atoms with Crippen LogP contribution < -0.4 is 5.32 Å². The van der Waals surface area contributed by atoms with E-state index in [0.29, 0.717) is 26.1 Å². The molecule has 0 aromatic heterocycles. The highest BCUT2D eigenvalue weighted by Gasteiger charge is 2.35. The van der Waals surface area contributed by atoms with Crippen LogP contribution in [0.2, 0.25) is 0 Å². The number of nitrogens with one attached hydrogen (secondary N) is 1. The third-order valence-corrected chi connectivity index (χ3v) is 5.15. The van der Waals surface area contributed by atoms with Gasteiger partial charge in [0.05, 0.1) is 5.92 Å². The molecule has 0 radical (unpaired) electrons. The number of hydrogen-bond acceptors (Lipinski definition) is 2. The number of allylic oxidation sites excluding steroid dienone is 1. The second-order valence-corrected chi connectivity index (χ2v) is 7.14. The third kappa shape index (κ3) is 4.02. The number of carboxylic acid groups (broad SMARTS) is 1. The Labute approximate surface area is 132 Å². The zero-order chi connectivity index (χ0) is 16.2. The molecule has 124 valence electrons. The first kappa shape index (κ1) is 16.8. The Hall–Kier alpha value is -1.52. The van der Waals surface area contributed by atoms with Gasteiger partial charge in [-0.05, 0) is 37.0 Å².